The standard InChI is InChI=1S/C14H20ClF/c1-2-3-4-5-13(11-15)10-12-6-8-14(16)9-7-12/h6-9,13H,2-5,10-11H2,1H3. The Morgan fingerprint density at radius 2 is 1.88 bits per heavy atom. The molecule has 0 aliphatic carbocycles. The van der Waals surface area contributed by atoms with E-state index in [1.165, 1.54) is 43.4 Å². The number of hydrogen-bond donors (Lipinski definition) is 0. The van der Waals surface area contributed by atoms with E-state index in [4.69, 9.17) is 11.6 Å². The second kappa shape index (κ2) is 7.67. The zero-order valence-electron chi connectivity index (χ0n) is 9.89. The molecule has 0 aliphatic rings. The molecule has 1 unspecified atom stereocenters. The maximum Gasteiger partial charge on any atom is 0.123 e. The second-order valence-electron chi connectivity index (χ2n) is 4.35. The van der Waals surface area contributed by atoms with Crippen molar-refractivity contribution < 1.29 is 4.39 Å². The molecule has 16 heavy (non-hydrogen) atoms. The topological polar surface area (TPSA) is 0 Å². The summed E-state index contributed by atoms with van der Waals surface area (Å²) in [5.74, 6) is 1.05. The van der Waals surface area contributed by atoms with Crippen LogP contribution in [0.25, 0.3) is 0 Å². The molecule has 1 atom stereocenters. The van der Waals surface area contributed by atoms with Gasteiger partial charge in [-0.2, -0.15) is 0 Å². The lowest BCUT2D eigenvalue weighted by Gasteiger charge is -2.13. The van der Waals surface area contributed by atoms with Crippen molar-refractivity contribution in [2.45, 2.75) is 39.0 Å². The summed E-state index contributed by atoms with van der Waals surface area (Å²) >= 11 is 5.95. The highest BCUT2D eigenvalue weighted by atomic mass is 35.5. The molecule has 0 N–H and O–H groups in total. The van der Waals surface area contributed by atoms with Crippen LogP contribution in [0.5, 0.6) is 0 Å². The Morgan fingerprint density at radius 3 is 2.44 bits per heavy atom. The minimum Gasteiger partial charge on any atom is -0.207 e. The molecule has 1 aromatic carbocycles. The van der Waals surface area contributed by atoms with Crippen molar-refractivity contribution in [1.29, 1.82) is 0 Å². The van der Waals surface area contributed by atoms with E-state index in [0.717, 1.165) is 6.42 Å². The van der Waals surface area contributed by atoms with Crippen LogP contribution >= 0.6 is 11.6 Å². The molecule has 0 bridgehead atoms. The average molecular weight is 243 g/mol. The molecular formula is C14H20ClF. The van der Waals surface area contributed by atoms with E-state index >= 15 is 0 Å². The van der Waals surface area contributed by atoms with Crippen molar-refractivity contribution in [2.75, 3.05) is 5.88 Å². The van der Waals surface area contributed by atoms with Gasteiger partial charge in [0, 0.05) is 5.88 Å². The second-order valence-corrected chi connectivity index (χ2v) is 4.66. The Hall–Kier alpha value is -0.560. The van der Waals surface area contributed by atoms with Gasteiger partial charge in [-0.25, -0.2) is 4.39 Å². The van der Waals surface area contributed by atoms with Gasteiger partial charge in [-0.05, 0) is 36.5 Å². The predicted octanol–water partition coefficient (Wildman–Crippen LogP) is 4.80. The van der Waals surface area contributed by atoms with Crippen molar-refractivity contribution in [3.63, 3.8) is 0 Å². The van der Waals surface area contributed by atoms with E-state index in [0.29, 0.717) is 11.8 Å². The first kappa shape index (κ1) is 13.5. The Kier molecular flexibility index (Phi) is 6.47. The van der Waals surface area contributed by atoms with Crippen LogP contribution in [0, 0.1) is 11.7 Å². The summed E-state index contributed by atoms with van der Waals surface area (Å²) in [5, 5.41) is 0. The van der Waals surface area contributed by atoms with Crippen LogP contribution in [0.15, 0.2) is 24.3 Å². The molecule has 90 valence electrons. The maximum atomic E-state index is 12.7. The van der Waals surface area contributed by atoms with Gasteiger partial charge in [-0.3, -0.25) is 0 Å². The SMILES string of the molecule is CCCCCC(CCl)Cc1ccc(F)cc1. The molecule has 1 rings (SSSR count). The smallest absolute Gasteiger partial charge is 0.123 e. The van der Waals surface area contributed by atoms with Gasteiger partial charge in [-0.1, -0.05) is 38.3 Å². The summed E-state index contributed by atoms with van der Waals surface area (Å²) in [6.45, 7) is 2.20. The highest BCUT2D eigenvalue weighted by molar-refractivity contribution is 6.18. The van der Waals surface area contributed by atoms with E-state index < -0.39 is 0 Å². The van der Waals surface area contributed by atoms with Crippen LogP contribution in [-0.4, -0.2) is 5.88 Å². The number of benzene rings is 1. The lowest BCUT2D eigenvalue weighted by molar-refractivity contribution is 0.497. The van der Waals surface area contributed by atoms with Crippen LogP contribution in [0.2, 0.25) is 0 Å². The lowest BCUT2D eigenvalue weighted by atomic mass is 9.95. The van der Waals surface area contributed by atoms with Gasteiger partial charge in [0.2, 0.25) is 0 Å². The minimum atomic E-state index is -0.169. The van der Waals surface area contributed by atoms with Crippen molar-refractivity contribution in [3.05, 3.63) is 35.6 Å². The Balaban J connectivity index is 2.40. The van der Waals surface area contributed by atoms with Crippen LogP contribution in [0.1, 0.15) is 38.2 Å². The average Bonchev–Trinajstić information content (AvgIpc) is 2.31. The molecule has 0 fully saturated rings. The monoisotopic (exact) mass is 242 g/mol. The highest BCUT2D eigenvalue weighted by Crippen LogP contribution is 2.17. The van der Waals surface area contributed by atoms with Crippen molar-refractivity contribution >= 4 is 11.6 Å². The Bertz CT molecular complexity index is 281. The predicted molar refractivity (Wildman–Crippen MR) is 68.5 cm³/mol. The first-order valence-corrected chi connectivity index (χ1v) is 6.60. The van der Waals surface area contributed by atoms with Gasteiger partial charge in [0.1, 0.15) is 5.82 Å². The first-order chi connectivity index (χ1) is 7.76. The van der Waals surface area contributed by atoms with E-state index in [-0.39, 0.29) is 5.82 Å². The number of alkyl halides is 1. The van der Waals surface area contributed by atoms with Crippen molar-refractivity contribution in [3.8, 4) is 0 Å². The number of unbranched alkanes of at least 4 members (excludes halogenated alkanes) is 2. The first-order valence-electron chi connectivity index (χ1n) is 6.06. The quantitative estimate of drug-likeness (QED) is 0.476. The summed E-state index contributed by atoms with van der Waals surface area (Å²) in [7, 11) is 0. The molecule has 0 nitrogen and oxygen atoms in total. The fraction of sp³-hybridized carbons (Fsp3) is 0.571. The third kappa shape index (κ3) is 4.98. The number of hydrogen-bond acceptors (Lipinski definition) is 0. The van der Waals surface area contributed by atoms with Gasteiger partial charge in [-0.15, -0.1) is 11.6 Å². The molecule has 0 amide bonds. The summed E-state index contributed by atoms with van der Waals surface area (Å²) in [6, 6.07) is 6.75. The summed E-state index contributed by atoms with van der Waals surface area (Å²) in [5.41, 5.74) is 1.18. The summed E-state index contributed by atoms with van der Waals surface area (Å²) < 4.78 is 12.7. The van der Waals surface area contributed by atoms with E-state index in [2.05, 4.69) is 6.92 Å². The van der Waals surface area contributed by atoms with Gasteiger partial charge in [0.25, 0.3) is 0 Å². The third-order valence-electron chi connectivity index (χ3n) is 2.87. The van der Waals surface area contributed by atoms with Crippen LogP contribution in [0.4, 0.5) is 4.39 Å². The van der Waals surface area contributed by atoms with Gasteiger partial charge in [0.05, 0.1) is 0 Å². The molecule has 0 aromatic heterocycles. The van der Waals surface area contributed by atoms with Crippen LogP contribution in [0.3, 0.4) is 0 Å². The number of halogens is 2. The fourth-order valence-corrected chi connectivity index (χ4v) is 2.13. The van der Waals surface area contributed by atoms with Gasteiger partial charge in [0.15, 0.2) is 0 Å². The fourth-order valence-electron chi connectivity index (χ4n) is 1.87. The molecule has 2 heteroatoms. The van der Waals surface area contributed by atoms with Crippen molar-refractivity contribution in [2.24, 2.45) is 5.92 Å². The van der Waals surface area contributed by atoms with Crippen molar-refractivity contribution in [1.82, 2.24) is 0 Å². The van der Waals surface area contributed by atoms with Gasteiger partial charge >= 0.3 is 0 Å². The zero-order valence-corrected chi connectivity index (χ0v) is 10.6. The number of rotatable bonds is 7. The van der Waals surface area contributed by atoms with Gasteiger partial charge < -0.3 is 0 Å². The molecule has 0 spiro atoms. The Morgan fingerprint density at radius 1 is 1.19 bits per heavy atom. The molecule has 0 saturated carbocycles. The van der Waals surface area contributed by atoms with E-state index in [9.17, 15) is 4.39 Å². The molecule has 0 radical (unpaired) electrons. The molecular weight excluding hydrogens is 223 g/mol. The third-order valence-corrected chi connectivity index (χ3v) is 3.31. The minimum absolute atomic E-state index is 0.169. The molecule has 1 aromatic rings. The van der Waals surface area contributed by atoms with E-state index in [1.54, 1.807) is 0 Å². The normalized spacial score (nSPS) is 12.7. The van der Waals surface area contributed by atoms with E-state index in [1.807, 2.05) is 12.1 Å². The summed E-state index contributed by atoms with van der Waals surface area (Å²) in [6.07, 6.45) is 5.90. The zero-order chi connectivity index (χ0) is 11.8. The molecule has 0 saturated heterocycles. The summed E-state index contributed by atoms with van der Waals surface area (Å²) in [4.78, 5) is 0. The van der Waals surface area contributed by atoms with Crippen LogP contribution < -0.4 is 0 Å². The van der Waals surface area contributed by atoms with Crippen LogP contribution in [-0.2, 0) is 6.42 Å². The molecule has 0 aliphatic heterocycles. The lowest BCUT2D eigenvalue weighted by Crippen LogP contribution is -2.06. The largest absolute Gasteiger partial charge is 0.207 e. The Labute approximate surface area is 103 Å². The molecule has 0 heterocycles. The highest BCUT2D eigenvalue weighted by Gasteiger charge is 2.08. The maximum absolute atomic E-state index is 12.7.